The Morgan fingerprint density at radius 3 is 2.39 bits per heavy atom. The Bertz CT molecular complexity index is 1270. The van der Waals surface area contributed by atoms with Crippen molar-refractivity contribution in [2.45, 2.75) is 31.7 Å². The van der Waals surface area contributed by atoms with Crippen molar-refractivity contribution < 1.29 is 24.3 Å². The molecule has 3 aromatic rings. The van der Waals surface area contributed by atoms with Gasteiger partial charge < -0.3 is 31.8 Å². The number of H-pyrrole nitrogens is 1. The van der Waals surface area contributed by atoms with Crippen LogP contribution >= 0.6 is 0 Å². The predicted molar refractivity (Wildman–Crippen MR) is 135 cm³/mol. The Balaban J connectivity index is 1.46. The van der Waals surface area contributed by atoms with Crippen LogP contribution in [0, 0.1) is 5.41 Å². The number of aromatic amines is 1. The monoisotopic (exact) mass is 492 g/mol. The smallest absolute Gasteiger partial charge is 0.305 e. The predicted octanol–water partition coefficient (Wildman–Crippen LogP) is 1.49. The largest absolute Gasteiger partial charge is 0.481 e. The Morgan fingerprint density at radius 1 is 1.00 bits per heavy atom. The summed E-state index contributed by atoms with van der Waals surface area (Å²) in [7, 11) is 0. The molecule has 11 heteroatoms. The highest BCUT2D eigenvalue weighted by molar-refractivity contribution is 5.97. The Kier molecular flexibility index (Phi) is 8.76. The molecule has 0 saturated carbocycles. The Hall–Kier alpha value is -4.67. The molecule has 0 aliphatic carbocycles. The maximum atomic E-state index is 12.6. The molecule has 188 valence electrons. The van der Waals surface area contributed by atoms with E-state index in [1.165, 1.54) is 0 Å². The van der Waals surface area contributed by atoms with Crippen molar-refractivity contribution in [3.63, 3.8) is 0 Å². The Morgan fingerprint density at radius 2 is 1.69 bits per heavy atom. The zero-order valence-electron chi connectivity index (χ0n) is 19.5. The minimum Gasteiger partial charge on any atom is -0.481 e. The van der Waals surface area contributed by atoms with E-state index in [9.17, 15) is 19.2 Å². The zero-order chi connectivity index (χ0) is 26.1. The second kappa shape index (κ2) is 12.2. The lowest BCUT2D eigenvalue weighted by Gasteiger charge is -2.17. The van der Waals surface area contributed by atoms with Crippen LogP contribution in [0.1, 0.15) is 30.4 Å². The van der Waals surface area contributed by atoms with Gasteiger partial charge in [0.1, 0.15) is 11.9 Å². The molecule has 2 aromatic carbocycles. The van der Waals surface area contributed by atoms with Crippen LogP contribution in [0.5, 0.6) is 0 Å². The highest BCUT2D eigenvalue weighted by Gasteiger charge is 2.23. The summed E-state index contributed by atoms with van der Waals surface area (Å²) in [5.41, 5.74) is 8.36. The quantitative estimate of drug-likeness (QED) is 0.148. The number of carbonyl (C=O) groups excluding carboxylic acids is 3. The van der Waals surface area contributed by atoms with Crippen LogP contribution < -0.4 is 21.7 Å². The van der Waals surface area contributed by atoms with Crippen molar-refractivity contribution >= 4 is 46.1 Å². The SMILES string of the molecule is N=C(N)c1ccc(NC(=O)CCC(=O)NC(CC(=O)O)C(=O)NCCc2c[nH]c3ccccc23)cc1. The van der Waals surface area contributed by atoms with Crippen molar-refractivity contribution in [3.8, 4) is 0 Å². The van der Waals surface area contributed by atoms with Gasteiger partial charge in [-0.2, -0.15) is 0 Å². The van der Waals surface area contributed by atoms with E-state index in [0.717, 1.165) is 16.5 Å². The second-order valence-electron chi connectivity index (χ2n) is 8.16. The van der Waals surface area contributed by atoms with Crippen LogP contribution in [0.15, 0.2) is 54.7 Å². The highest BCUT2D eigenvalue weighted by Crippen LogP contribution is 2.17. The number of carboxylic acids is 1. The van der Waals surface area contributed by atoms with E-state index in [4.69, 9.17) is 16.2 Å². The number of aliphatic carboxylic acids is 1. The van der Waals surface area contributed by atoms with Crippen molar-refractivity contribution in [2.75, 3.05) is 11.9 Å². The summed E-state index contributed by atoms with van der Waals surface area (Å²) in [4.78, 5) is 51.4. The first-order chi connectivity index (χ1) is 17.2. The van der Waals surface area contributed by atoms with Crippen LogP contribution in [0.3, 0.4) is 0 Å². The number of benzene rings is 2. The summed E-state index contributed by atoms with van der Waals surface area (Å²) < 4.78 is 0. The third kappa shape index (κ3) is 7.42. The molecule has 0 spiro atoms. The first-order valence-electron chi connectivity index (χ1n) is 11.3. The second-order valence-corrected chi connectivity index (χ2v) is 8.16. The van der Waals surface area contributed by atoms with Crippen LogP contribution in [0.4, 0.5) is 5.69 Å². The molecule has 1 unspecified atom stereocenters. The third-order valence-corrected chi connectivity index (χ3v) is 5.46. The van der Waals surface area contributed by atoms with Gasteiger partial charge in [-0.1, -0.05) is 18.2 Å². The number of nitrogens with two attached hydrogens (primary N) is 1. The number of para-hydroxylation sites is 1. The molecule has 1 aromatic heterocycles. The molecule has 0 aliphatic heterocycles. The van der Waals surface area contributed by atoms with Gasteiger partial charge >= 0.3 is 5.97 Å². The van der Waals surface area contributed by atoms with Gasteiger partial charge in [0.15, 0.2) is 0 Å². The number of nitrogens with one attached hydrogen (secondary N) is 5. The number of amidine groups is 1. The van der Waals surface area contributed by atoms with E-state index >= 15 is 0 Å². The molecule has 11 nitrogen and oxygen atoms in total. The number of carboxylic acid groups (broad SMARTS) is 1. The molecule has 8 N–H and O–H groups in total. The topological polar surface area (TPSA) is 190 Å². The van der Waals surface area contributed by atoms with E-state index in [2.05, 4.69) is 20.9 Å². The zero-order valence-corrected chi connectivity index (χ0v) is 19.5. The summed E-state index contributed by atoms with van der Waals surface area (Å²) in [6.45, 7) is 0.261. The summed E-state index contributed by atoms with van der Waals surface area (Å²) >= 11 is 0. The van der Waals surface area contributed by atoms with Crippen molar-refractivity contribution in [1.82, 2.24) is 15.6 Å². The molecule has 3 amide bonds. The number of aromatic nitrogens is 1. The van der Waals surface area contributed by atoms with E-state index in [0.29, 0.717) is 17.7 Å². The Labute approximate surface area is 207 Å². The highest BCUT2D eigenvalue weighted by atomic mass is 16.4. The van der Waals surface area contributed by atoms with Crippen LogP contribution in [0.25, 0.3) is 10.9 Å². The van der Waals surface area contributed by atoms with Gasteiger partial charge in [-0.15, -0.1) is 0 Å². The van der Waals surface area contributed by atoms with E-state index < -0.39 is 36.2 Å². The number of carbonyl (C=O) groups is 4. The fourth-order valence-electron chi connectivity index (χ4n) is 3.62. The lowest BCUT2D eigenvalue weighted by atomic mass is 10.1. The summed E-state index contributed by atoms with van der Waals surface area (Å²) in [5.74, 6) is -2.99. The minimum atomic E-state index is -1.26. The summed E-state index contributed by atoms with van der Waals surface area (Å²) in [6.07, 6.45) is 1.41. The van der Waals surface area contributed by atoms with Gasteiger partial charge in [-0.25, -0.2) is 0 Å². The van der Waals surface area contributed by atoms with Crippen LogP contribution in [0.2, 0.25) is 0 Å². The van der Waals surface area contributed by atoms with Crippen LogP contribution in [-0.4, -0.2) is 52.2 Å². The first-order valence-corrected chi connectivity index (χ1v) is 11.3. The number of hydrogen-bond acceptors (Lipinski definition) is 5. The molecule has 1 heterocycles. The average Bonchev–Trinajstić information content (AvgIpc) is 3.25. The molecular weight excluding hydrogens is 464 g/mol. The maximum Gasteiger partial charge on any atom is 0.305 e. The van der Waals surface area contributed by atoms with Gasteiger partial charge in [0.25, 0.3) is 0 Å². The average molecular weight is 493 g/mol. The van der Waals surface area contributed by atoms with Crippen LogP contribution in [-0.2, 0) is 25.6 Å². The van der Waals surface area contributed by atoms with Crippen molar-refractivity contribution in [3.05, 3.63) is 65.9 Å². The fraction of sp³-hybridized carbons (Fsp3) is 0.240. The van der Waals surface area contributed by atoms with Gasteiger partial charge in [0.2, 0.25) is 17.7 Å². The van der Waals surface area contributed by atoms with E-state index in [1.54, 1.807) is 24.3 Å². The molecular formula is C25H28N6O5. The minimum absolute atomic E-state index is 0.0949. The molecule has 3 rings (SSSR count). The number of hydrogen-bond donors (Lipinski definition) is 7. The molecule has 0 saturated heterocycles. The molecule has 0 radical (unpaired) electrons. The molecule has 0 aliphatic rings. The van der Waals surface area contributed by atoms with Crippen molar-refractivity contribution in [1.29, 1.82) is 5.41 Å². The van der Waals surface area contributed by atoms with Gasteiger partial charge in [0.05, 0.1) is 6.42 Å². The lowest BCUT2D eigenvalue weighted by molar-refractivity contribution is -0.140. The molecule has 0 fully saturated rings. The number of fused-ring (bicyclic) bond motifs is 1. The summed E-state index contributed by atoms with van der Waals surface area (Å²) in [5, 5.41) is 25.3. The standard InChI is InChI=1S/C25H28N6O5/c26-24(27)15-5-7-17(8-6-15)30-21(32)9-10-22(33)31-20(13-23(34)35)25(36)28-12-11-16-14-29-19-4-2-1-3-18(16)19/h1-8,14,20,29H,9-13H2,(H3,26,27)(H,28,36)(H,30,32)(H,31,33)(H,34,35). The maximum absolute atomic E-state index is 12.6. The third-order valence-electron chi connectivity index (χ3n) is 5.46. The normalized spacial score (nSPS) is 11.4. The molecule has 0 bridgehead atoms. The fourth-order valence-corrected chi connectivity index (χ4v) is 3.62. The first kappa shape index (κ1) is 25.9. The van der Waals surface area contributed by atoms with E-state index in [-0.39, 0.29) is 25.2 Å². The number of rotatable bonds is 12. The summed E-state index contributed by atoms with van der Waals surface area (Å²) in [6, 6.07) is 12.8. The number of amides is 3. The van der Waals surface area contributed by atoms with Crippen molar-refractivity contribution in [2.24, 2.45) is 5.73 Å². The number of anilines is 1. The van der Waals surface area contributed by atoms with Gasteiger partial charge in [-0.3, -0.25) is 24.6 Å². The van der Waals surface area contributed by atoms with E-state index in [1.807, 2.05) is 30.5 Å². The van der Waals surface area contributed by atoms with Gasteiger partial charge in [-0.05, 0) is 42.3 Å². The lowest BCUT2D eigenvalue weighted by Crippen LogP contribution is -2.48. The molecule has 36 heavy (non-hydrogen) atoms. The molecule has 1 atom stereocenters. The van der Waals surface area contributed by atoms with Gasteiger partial charge in [0, 0.05) is 47.7 Å². The number of nitrogen functional groups attached to an aromatic ring is 1.